The third-order valence-corrected chi connectivity index (χ3v) is 7.96. The standard InChI is InChI=1S/C25H32N3O2P/c1-6-30-31(29,24-18-16-23(17-19-24)28(4)5)25(26-21-10-8-7-9-11-21)20-12-14-22(15-13-20)27(2)3/h7-19,25-26H,6H2,1-5H3/t25-,31+/m1/s1. The lowest BCUT2D eigenvalue weighted by molar-refractivity contribution is 0.335. The molecule has 0 saturated carbocycles. The summed E-state index contributed by atoms with van der Waals surface area (Å²) in [6.07, 6.45) is 0. The predicted octanol–water partition coefficient (Wildman–Crippen LogP) is 5.57. The number of nitrogens with one attached hydrogen (secondary N) is 1. The second kappa shape index (κ2) is 10.0. The first-order valence-corrected chi connectivity index (χ1v) is 12.2. The Morgan fingerprint density at radius 2 is 1.32 bits per heavy atom. The van der Waals surface area contributed by atoms with E-state index < -0.39 is 13.2 Å². The summed E-state index contributed by atoms with van der Waals surface area (Å²) in [5, 5.41) is 4.19. The number of anilines is 3. The summed E-state index contributed by atoms with van der Waals surface area (Å²) in [5.74, 6) is -0.517. The largest absolute Gasteiger partial charge is 0.378 e. The number of hydrogen-bond acceptors (Lipinski definition) is 5. The van der Waals surface area contributed by atoms with Crippen molar-refractivity contribution in [3.05, 3.63) is 84.4 Å². The van der Waals surface area contributed by atoms with Crippen molar-refractivity contribution >= 4 is 29.7 Å². The molecule has 31 heavy (non-hydrogen) atoms. The molecule has 2 atom stereocenters. The van der Waals surface area contributed by atoms with Crippen LogP contribution in [-0.2, 0) is 9.09 Å². The van der Waals surface area contributed by atoms with Crippen molar-refractivity contribution in [1.82, 2.24) is 0 Å². The van der Waals surface area contributed by atoms with Crippen LogP contribution in [-0.4, -0.2) is 34.8 Å². The summed E-state index contributed by atoms with van der Waals surface area (Å²) >= 11 is 0. The zero-order chi connectivity index (χ0) is 22.4. The van der Waals surface area contributed by atoms with Gasteiger partial charge < -0.3 is 19.6 Å². The van der Waals surface area contributed by atoms with Gasteiger partial charge in [-0.1, -0.05) is 30.3 Å². The molecule has 0 aliphatic heterocycles. The maximum absolute atomic E-state index is 14.5. The van der Waals surface area contributed by atoms with E-state index in [1.54, 1.807) is 0 Å². The molecule has 3 rings (SSSR count). The van der Waals surface area contributed by atoms with Crippen LogP contribution in [0.15, 0.2) is 78.9 Å². The molecule has 3 aromatic carbocycles. The van der Waals surface area contributed by atoms with Crippen LogP contribution in [0.2, 0.25) is 0 Å². The zero-order valence-electron chi connectivity index (χ0n) is 18.9. The SMILES string of the molecule is CCO[P@@](=O)(c1ccc(N(C)C)cc1)[C@@H](Nc1ccccc1)c1ccc(N(C)C)cc1. The maximum atomic E-state index is 14.5. The Balaban J connectivity index is 2.09. The molecule has 0 amide bonds. The van der Waals surface area contributed by atoms with Crippen LogP contribution in [0.4, 0.5) is 17.1 Å². The van der Waals surface area contributed by atoms with E-state index in [9.17, 15) is 4.57 Å². The summed E-state index contributed by atoms with van der Waals surface area (Å²) < 4.78 is 20.6. The molecule has 3 aromatic rings. The average molecular weight is 438 g/mol. The molecule has 0 fully saturated rings. The molecular weight excluding hydrogens is 405 g/mol. The van der Waals surface area contributed by atoms with Crippen LogP contribution in [0.1, 0.15) is 18.3 Å². The van der Waals surface area contributed by atoms with Gasteiger partial charge in [-0.3, -0.25) is 4.57 Å². The Bertz CT molecular complexity index is 1000. The number of para-hydroxylation sites is 1. The first-order valence-electron chi connectivity index (χ1n) is 10.5. The Labute approximate surface area is 186 Å². The quantitative estimate of drug-likeness (QED) is 0.444. The van der Waals surface area contributed by atoms with Gasteiger partial charge in [0.2, 0.25) is 0 Å². The highest BCUT2D eigenvalue weighted by Crippen LogP contribution is 2.59. The fourth-order valence-electron chi connectivity index (χ4n) is 3.46. The van der Waals surface area contributed by atoms with Gasteiger partial charge in [0.25, 0.3) is 7.37 Å². The van der Waals surface area contributed by atoms with Gasteiger partial charge in [0, 0.05) is 50.6 Å². The van der Waals surface area contributed by atoms with Crippen molar-refractivity contribution in [2.75, 3.05) is 49.9 Å². The molecule has 0 radical (unpaired) electrons. The summed E-state index contributed by atoms with van der Waals surface area (Å²) in [6.45, 7) is 2.24. The van der Waals surface area contributed by atoms with Crippen LogP contribution in [0.3, 0.4) is 0 Å². The van der Waals surface area contributed by atoms with Gasteiger partial charge >= 0.3 is 0 Å². The van der Waals surface area contributed by atoms with Gasteiger partial charge in [0.1, 0.15) is 5.78 Å². The van der Waals surface area contributed by atoms with Crippen LogP contribution < -0.4 is 20.4 Å². The van der Waals surface area contributed by atoms with Gasteiger partial charge in [-0.15, -0.1) is 0 Å². The van der Waals surface area contributed by atoms with Crippen molar-refractivity contribution in [2.24, 2.45) is 0 Å². The molecule has 6 heteroatoms. The van der Waals surface area contributed by atoms with Crippen molar-refractivity contribution < 1.29 is 9.09 Å². The van der Waals surface area contributed by atoms with Crippen molar-refractivity contribution in [1.29, 1.82) is 0 Å². The maximum Gasteiger partial charge on any atom is 0.258 e. The summed E-state index contributed by atoms with van der Waals surface area (Å²) in [4.78, 5) is 4.07. The molecule has 0 spiro atoms. The second-order valence-electron chi connectivity index (χ2n) is 7.82. The molecule has 5 nitrogen and oxygen atoms in total. The number of hydrogen-bond donors (Lipinski definition) is 1. The summed E-state index contributed by atoms with van der Waals surface area (Å²) in [7, 11) is 4.69. The van der Waals surface area contributed by atoms with Gasteiger partial charge in [-0.25, -0.2) is 0 Å². The molecule has 0 saturated heterocycles. The average Bonchev–Trinajstić information content (AvgIpc) is 2.78. The lowest BCUT2D eigenvalue weighted by Gasteiger charge is -2.30. The first-order chi connectivity index (χ1) is 14.8. The number of rotatable bonds is 9. The normalized spacial score (nSPS) is 13.8. The van der Waals surface area contributed by atoms with Crippen molar-refractivity contribution in [3.63, 3.8) is 0 Å². The third-order valence-electron chi connectivity index (χ3n) is 5.19. The molecule has 164 valence electrons. The molecule has 0 unspecified atom stereocenters. The lowest BCUT2D eigenvalue weighted by atomic mass is 10.2. The summed E-state index contributed by atoms with van der Waals surface area (Å²) in [6, 6.07) is 25.8. The monoisotopic (exact) mass is 437 g/mol. The zero-order valence-corrected chi connectivity index (χ0v) is 19.8. The van der Waals surface area contributed by atoms with Crippen molar-refractivity contribution in [3.8, 4) is 0 Å². The molecular formula is C25H32N3O2P. The minimum absolute atomic E-state index is 0.357. The smallest absolute Gasteiger partial charge is 0.258 e. The number of nitrogens with zero attached hydrogens (tertiary/aromatic N) is 2. The van der Waals surface area contributed by atoms with Crippen LogP contribution >= 0.6 is 7.37 Å². The highest BCUT2D eigenvalue weighted by atomic mass is 31.2. The van der Waals surface area contributed by atoms with Gasteiger partial charge in [-0.2, -0.15) is 0 Å². The molecule has 0 heterocycles. The third kappa shape index (κ3) is 5.30. The topological polar surface area (TPSA) is 44.8 Å². The minimum Gasteiger partial charge on any atom is -0.378 e. The Morgan fingerprint density at radius 3 is 1.81 bits per heavy atom. The van der Waals surface area contributed by atoms with E-state index >= 15 is 0 Å². The Kier molecular flexibility index (Phi) is 7.42. The van der Waals surface area contributed by atoms with Crippen LogP contribution in [0.5, 0.6) is 0 Å². The van der Waals surface area contributed by atoms with Crippen LogP contribution in [0, 0.1) is 0 Å². The summed E-state index contributed by atoms with van der Waals surface area (Å²) in [5.41, 5.74) is 3.95. The Morgan fingerprint density at radius 1 is 0.806 bits per heavy atom. The molecule has 0 aromatic heterocycles. The van der Waals surface area contributed by atoms with E-state index in [1.165, 1.54) is 0 Å². The highest BCUT2D eigenvalue weighted by molar-refractivity contribution is 7.67. The number of benzene rings is 3. The minimum atomic E-state index is -3.30. The second-order valence-corrected chi connectivity index (χ2v) is 10.3. The fraction of sp³-hybridized carbons (Fsp3) is 0.280. The van der Waals surface area contributed by atoms with E-state index in [-0.39, 0.29) is 0 Å². The van der Waals surface area contributed by atoms with E-state index in [4.69, 9.17) is 4.52 Å². The molecule has 0 bridgehead atoms. The van der Waals surface area contributed by atoms with Gasteiger partial charge in [0.05, 0.1) is 6.61 Å². The molecule has 0 aliphatic rings. The first kappa shape index (κ1) is 22.9. The van der Waals surface area contributed by atoms with E-state index in [2.05, 4.69) is 5.32 Å². The van der Waals surface area contributed by atoms with Gasteiger partial charge in [-0.05, 0) is 61.0 Å². The molecule has 1 N–H and O–H groups in total. The fourth-order valence-corrected chi connectivity index (χ4v) is 5.89. The Hall–Kier alpha value is -2.75. The van der Waals surface area contributed by atoms with Crippen molar-refractivity contribution in [2.45, 2.75) is 12.7 Å². The van der Waals surface area contributed by atoms with Crippen LogP contribution in [0.25, 0.3) is 0 Å². The molecule has 0 aliphatic carbocycles. The predicted molar refractivity (Wildman–Crippen MR) is 133 cm³/mol. The van der Waals surface area contributed by atoms with Gasteiger partial charge in [0.15, 0.2) is 0 Å². The lowest BCUT2D eigenvalue weighted by Crippen LogP contribution is -2.21. The van der Waals surface area contributed by atoms with E-state index in [0.29, 0.717) is 11.9 Å². The highest BCUT2D eigenvalue weighted by Gasteiger charge is 2.37. The van der Waals surface area contributed by atoms with E-state index in [1.807, 2.05) is 124 Å². The van der Waals surface area contributed by atoms with E-state index in [0.717, 1.165) is 22.6 Å².